The Morgan fingerprint density at radius 1 is 1.43 bits per heavy atom. The molecule has 0 atom stereocenters. The molecule has 1 aromatic carbocycles. The first-order chi connectivity index (χ1) is 10.9. The van der Waals surface area contributed by atoms with Crippen LogP contribution in [-0.2, 0) is 4.79 Å². The van der Waals surface area contributed by atoms with Crippen LogP contribution in [0.3, 0.4) is 0 Å². The van der Waals surface area contributed by atoms with Gasteiger partial charge in [-0.15, -0.1) is 0 Å². The number of nitrogens with one attached hydrogen (secondary N) is 2. The number of amides is 1. The molecule has 5 nitrogen and oxygen atoms in total. The first-order valence-electron chi connectivity index (χ1n) is 7.16. The molecule has 1 aromatic heterocycles. The highest BCUT2D eigenvalue weighted by atomic mass is 35.5. The fourth-order valence-corrected chi connectivity index (χ4v) is 2.74. The van der Waals surface area contributed by atoms with Crippen molar-refractivity contribution in [3.8, 4) is 0 Å². The maximum atomic E-state index is 12.1. The predicted octanol–water partition coefficient (Wildman–Crippen LogP) is 3.59. The molecule has 0 fully saturated rings. The fourth-order valence-electron chi connectivity index (χ4n) is 1.88. The van der Waals surface area contributed by atoms with Gasteiger partial charge in [0, 0.05) is 16.8 Å². The third-order valence-electron chi connectivity index (χ3n) is 3.21. The van der Waals surface area contributed by atoms with Gasteiger partial charge in [0.2, 0.25) is 5.91 Å². The molecule has 0 bridgehead atoms. The molecule has 0 unspecified atom stereocenters. The Morgan fingerprint density at radius 2 is 2.17 bits per heavy atom. The number of halogens is 1. The zero-order valence-corrected chi connectivity index (χ0v) is 14.7. The summed E-state index contributed by atoms with van der Waals surface area (Å²) in [5.74, 6) is 0.119. The molecule has 0 saturated heterocycles. The molecular formula is C16H18ClN3O2S. The first kappa shape index (κ1) is 17.6. The van der Waals surface area contributed by atoms with Gasteiger partial charge in [-0.2, -0.15) is 0 Å². The van der Waals surface area contributed by atoms with Gasteiger partial charge in [-0.3, -0.25) is 9.59 Å². The number of aromatic amines is 1. The Balaban J connectivity index is 2.02. The Labute approximate surface area is 143 Å². The number of H-pyrrole nitrogens is 1. The lowest BCUT2D eigenvalue weighted by atomic mass is 10.1. The van der Waals surface area contributed by atoms with Gasteiger partial charge in [0.05, 0.1) is 11.4 Å². The van der Waals surface area contributed by atoms with Gasteiger partial charge in [0.25, 0.3) is 5.56 Å². The third-order valence-corrected chi connectivity index (χ3v) is 4.50. The second kappa shape index (κ2) is 7.66. The van der Waals surface area contributed by atoms with Gasteiger partial charge in [0.1, 0.15) is 0 Å². The number of rotatable bonds is 5. The van der Waals surface area contributed by atoms with E-state index in [1.54, 1.807) is 18.2 Å². The number of hydrogen-bond acceptors (Lipinski definition) is 4. The summed E-state index contributed by atoms with van der Waals surface area (Å²) >= 11 is 7.22. The van der Waals surface area contributed by atoms with E-state index in [1.807, 2.05) is 20.8 Å². The highest BCUT2D eigenvalue weighted by Crippen LogP contribution is 2.23. The van der Waals surface area contributed by atoms with Crippen molar-refractivity contribution >= 4 is 35.0 Å². The van der Waals surface area contributed by atoms with Crippen molar-refractivity contribution in [1.29, 1.82) is 0 Å². The summed E-state index contributed by atoms with van der Waals surface area (Å²) in [4.78, 5) is 30.7. The number of aromatic nitrogens is 2. The summed E-state index contributed by atoms with van der Waals surface area (Å²) in [6, 6.07) is 6.82. The quantitative estimate of drug-likeness (QED) is 0.637. The minimum atomic E-state index is -0.211. The van der Waals surface area contributed by atoms with Crippen molar-refractivity contribution < 1.29 is 4.79 Å². The number of carbonyl (C=O) groups excluding carboxylic acids is 1. The topological polar surface area (TPSA) is 74.8 Å². The maximum absolute atomic E-state index is 12.1. The van der Waals surface area contributed by atoms with Gasteiger partial charge in [-0.1, -0.05) is 43.3 Å². The molecule has 23 heavy (non-hydrogen) atoms. The minimum Gasteiger partial charge on any atom is -0.325 e. The van der Waals surface area contributed by atoms with Gasteiger partial charge >= 0.3 is 0 Å². The van der Waals surface area contributed by atoms with Crippen LogP contribution in [0.4, 0.5) is 5.69 Å². The molecule has 2 aromatic rings. The molecule has 0 aliphatic carbocycles. The van der Waals surface area contributed by atoms with Crippen LogP contribution in [0, 0.1) is 6.92 Å². The largest absolute Gasteiger partial charge is 0.325 e. The summed E-state index contributed by atoms with van der Waals surface area (Å²) in [6.07, 6.45) is 0. The molecule has 1 amide bonds. The van der Waals surface area contributed by atoms with Crippen LogP contribution in [0.15, 0.2) is 34.2 Å². The zero-order valence-electron chi connectivity index (χ0n) is 13.1. The highest BCUT2D eigenvalue weighted by Gasteiger charge is 2.10. The zero-order chi connectivity index (χ0) is 17.0. The number of benzene rings is 1. The van der Waals surface area contributed by atoms with Crippen molar-refractivity contribution in [2.24, 2.45) is 0 Å². The summed E-state index contributed by atoms with van der Waals surface area (Å²) in [7, 11) is 0. The van der Waals surface area contributed by atoms with Crippen molar-refractivity contribution in [3.63, 3.8) is 0 Å². The number of anilines is 1. The smallest absolute Gasteiger partial charge is 0.251 e. The van der Waals surface area contributed by atoms with Crippen LogP contribution in [-0.4, -0.2) is 21.6 Å². The van der Waals surface area contributed by atoms with E-state index in [4.69, 9.17) is 11.6 Å². The van der Waals surface area contributed by atoms with E-state index in [1.165, 1.54) is 17.8 Å². The van der Waals surface area contributed by atoms with Crippen molar-refractivity contribution in [3.05, 3.63) is 50.9 Å². The van der Waals surface area contributed by atoms with Crippen LogP contribution in [0.2, 0.25) is 5.02 Å². The van der Waals surface area contributed by atoms with Crippen LogP contribution in [0.25, 0.3) is 0 Å². The van der Waals surface area contributed by atoms with E-state index in [0.717, 1.165) is 5.56 Å². The van der Waals surface area contributed by atoms with Crippen LogP contribution in [0.5, 0.6) is 0 Å². The lowest BCUT2D eigenvalue weighted by Gasteiger charge is -2.09. The molecular weight excluding hydrogens is 334 g/mol. The minimum absolute atomic E-state index is 0.149. The van der Waals surface area contributed by atoms with E-state index in [-0.39, 0.29) is 23.1 Å². The molecule has 0 saturated carbocycles. The van der Waals surface area contributed by atoms with Crippen molar-refractivity contribution in [1.82, 2.24) is 9.97 Å². The first-order valence-corrected chi connectivity index (χ1v) is 8.52. The fraction of sp³-hybridized carbons (Fsp3) is 0.312. The lowest BCUT2D eigenvalue weighted by Crippen LogP contribution is -2.16. The van der Waals surface area contributed by atoms with E-state index in [9.17, 15) is 9.59 Å². The molecule has 0 spiro atoms. The summed E-state index contributed by atoms with van der Waals surface area (Å²) in [5, 5.41) is 3.86. The summed E-state index contributed by atoms with van der Waals surface area (Å²) in [6.45, 7) is 5.77. The number of nitrogens with zero attached hydrogens (tertiary/aromatic N) is 1. The normalized spacial score (nSPS) is 10.8. The van der Waals surface area contributed by atoms with E-state index >= 15 is 0 Å². The molecule has 2 N–H and O–H groups in total. The second-order valence-corrected chi connectivity index (χ2v) is 6.75. The molecule has 0 aliphatic rings. The number of hydrogen-bond donors (Lipinski definition) is 2. The van der Waals surface area contributed by atoms with E-state index < -0.39 is 0 Å². The molecule has 7 heteroatoms. The predicted molar refractivity (Wildman–Crippen MR) is 94.5 cm³/mol. The summed E-state index contributed by atoms with van der Waals surface area (Å²) in [5.41, 5.74) is 2.00. The number of carbonyl (C=O) groups is 1. The van der Waals surface area contributed by atoms with Gasteiger partial charge in [0.15, 0.2) is 5.16 Å². The van der Waals surface area contributed by atoms with Gasteiger partial charge in [-0.05, 0) is 30.5 Å². The lowest BCUT2D eigenvalue weighted by molar-refractivity contribution is -0.113. The molecule has 1 heterocycles. The second-order valence-electron chi connectivity index (χ2n) is 5.38. The Bertz CT molecular complexity index is 774. The Hall–Kier alpha value is -1.79. The molecule has 0 radical (unpaired) electrons. The van der Waals surface area contributed by atoms with E-state index in [2.05, 4.69) is 15.3 Å². The highest BCUT2D eigenvalue weighted by molar-refractivity contribution is 7.99. The third kappa shape index (κ3) is 4.84. The van der Waals surface area contributed by atoms with Gasteiger partial charge in [-0.25, -0.2) is 4.98 Å². The average Bonchev–Trinajstić information content (AvgIpc) is 2.49. The Kier molecular flexibility index (Phi) is 5.85. The van der Waals surface area contributed by atoms with E-state index in [0.29, 0.717) is 21.6 Å². The average molecular weight is 352 g/mol. The van der Waals surface area contributed by atoms with Crippen LogP contribution >= 0.6 is 23.4 Å². The van der Waals surface area contributed by atoms with Crippen LogP contribution < -0.4 is 10.9 Å². The molecule has 122 valence electrons. The van der Waals surface area contributed by atoms with Gasteiger partial charge < -0.3 is 10.3 Å². The standard InChI is InChI=1S/C16H18ClN3O2S/c1-9(2)13-7-14(21)20-16(19-13)23-8-15(22)18-12-6-4-5-11(17)10(12)3/h4-7,9H,8H2,1-3H3,(H,18,22)(H,19,20,21). The Morgan fingerprint density at radius 3 is 2.87 bits per heavy atom. The maximum Gasteiger partial charge on any atom is 0.251 e. The van der Waals surface area contributed by atoms with Crippen molar-refractivity contribution in [2.75, 3.05) is 11.1 Å². The number of thioether (sulfide) groups is 1. The van der Waals surface area contributed by atoms with Crippen molar-refractivity contribution in [2.45, 2.75) is 31.8 Å². The molecule has 0 aliphatic heterocycles. The monoisotopic (exact) mass is 351 g/mol. The SMILES string of the molecule is Cc1c(Cl)cccc1NC(=O)CSc1nc(C(C)C)cc(=O)[nH]1. The molecule has 2 rings (SSSR count). The van der Waals surface area contributed by atoms with Crippen LogP contribution in [0.1, 0.15) is 31.0 Å². The summed E-state index contributed by atoms with van der Waals surface area (Å²) < 4.78 is 0.